The largest absolute Gasteiger partial charge is 0.481 e. The Labute approximate surface area is 123 Å². The first-order valence-electron chi connectivity index (χ1n) is 7.21. The molecule has 1 aromatic carbocycles. The molecule has 1 fully saturated rings. The summed E-state index contributed by atoms with van der Waals surface area (Å²) < 4.78 is 13.1. The van der Waals surface area contributed by atoms with Crippen molar-refractivity contribution in [3.63, 3.8) is 0 Å². The summed E-state index contributed by atoms with van der Waals surface area (Å²) in [5.41, 5.74) is 1.24. The Balaban J connectivity index is 1.86. The van der Waals surface area contributed by atoms with Crippen molar-refractivity contribution in [1.82, 2.24) is 4.90 Å². The normalized spacial score (nSPS) is 16.6. The lowest BCUT2D eigenvalue weighted by molar-refractivity contribution is -0.137. The van der Waals surface area contributed by atoms with Gasteiger partial charge in [0, 0.05) is 13.0 Å². The molecule has 112 valence electrons. The molecule has 1 aromatic rings. The second kappa shape index (κ2) is 7.19. The number of aliphatic carboxylic acids is 1. The van der Waals surface area contributed by atoms with Crippen LogP contribution in [0.25, 0.3) is 0 Å². The third-order valence-electron chi connectivity index (χ3n) is 4.06. The molecule has 21 heavy (non-hydrogen) atoms. The number of carboxylic acids is 1. The number of carbonyl (C=O) groups is 1. The van der Waals surface area contributed by atoms with Crippen LogP contribution in [0.1, 0.15) is 36.8 Å². The number of benzene rings is 1. The number of likely N-dealkylation sites (tertiary alicyclic amines) is 1. The number of piperidine rings is 1. The van der Waals surface area contributed by atoms with Gasteiger partial charge in [0.1, 0.15) is 5.82 Å². The minimum Gasteiger partial charge on any atom is -0.481 e. The van der Waals surface area contributed by atoms with Gasteiger partial charge in [-0.05, 0) is 56.0 Å². The van der Waals surface area contributed by atoms with Crippen LogP contribution in [0.4, 0.5) is 4.39 Å². The second-order valence-corrected chi connectivity index (χ2v) is 5.57. The zero-order chi connectivity index (χ0) is 15.2. The van der Waals surface area contributed by atoms with Crippen LogP contribution in [-0.2, 0) is 11.3 Å². The molecule has 0 bridgehead atoms. The van der Waals surface area contributed by atoms with Crippen molar-refractivity contribution in [3.8, 4) is 6.07 Å². The van der Waals surface area contributed by atoms with E-state index < -0.39 is 5.97 Å². The number of nitrogens with zero attached hydrogens (tertiary/aromatic N) is 2. The molecular formula is C16H19FN2O2. The molecule has 0 spiro atoms. The highest BCUT2D eigenvalue weighted by molar-refractivity contribution is 5.66. The highest BCUT2D eigenvalue weighted by Crippen LogP contribution is 2.23. The van der Waals surface area contributed by atoms with Gasteiger partial charge >= 0.3 is 5.97 Å². The molecule has 1 aliphatic rings. The van der Waals surface area contributed by atoms with Crippen molar-refractivity contribution in [2.45, 2.75) is 32.2 Å². The van der Waals surface area contributed by atoms with Gasteiger partial charge in [-0.25, -0.2) is 4.39 Å². The predicted molar refractivity (Wildman–Crippen MR) is 76.0 cm³/mol. The van der Waals surface area contributed by atoms with Crippen molar-refractivity contribution in [1.29, 1.82) is 5.26 Å². The van der Waals surface area contributed by atoms with Gasteiger partial charge in [-0.15, -0.1) is 0 Å². The summed E-state index contributed by atoms with van der Waals surface area (Å²) in [5, 5.41) is 17.7. The fraction of sp³-hybridized carbons (Fsp3) is 0.500. The Kier molecular flexibility index (Phi) is 5.29. The van der Waals surface area contributed by atoms with E-state index in [1.807, 2.05) is 6.07 Å². The SMILES string of the molecule is N#Cc1cc(F)ccc1CN1CCC(CCC(=O)O)CC1. The number of hydrogen-bond acceptors (Lipinski definition) is 3. The third-order valence-corrected chi connectivity index (χ3v) is 4.06. The third kappa shape index (κ3) is 4.54. The topological polar surface area (TPSA) is 64.3 Å². The summed E-state index contributed by atoms with van der Waals surface area (Å²) in [6.45, 7) is 2.44. The summed E-state index contributed by atoms with van der Waals surface area (Å²) in [4.78, 5) is 12.8. The maximum absolute atomic E-state index is 13.1. The predicted octanol–water partition coefficient (Wildman–Crippen LogP) is 2.77. The van der Waals surface area contributed by atoms with Gasteiger partial charge in [0.2, 0.25) is 0 Å². The van der Waals surface area contributed by atoms with Crippen LogP contribution in [0.2, 0.25) is 0 Å². The van der Waals surface area contributed by atoms with E-state index in [1.54, 1.807) is 6.07 Å². The van der Waals surface area contributed by atoms with Gasteiger partial charge < -0.3 is 5.11 Å². The van der Waals surface area contributed by atoms with Gasteiger partial charge in [0.25, 0.3) is 0 Å². The number of carboxylic acid groups (broad SMARTS) is 1. The summed E-state index contributed by atoms with van der Waals surface area (Å²) in [6.07, 6.45) is 2.94. The molecule has 0 unspecified atom stereocenters. The Morgan fingerprint density at radius 3 is 2.76 bits per heavy atom. The fourth-order valence-electron chi connectivity index (χ4n) is 2.79. The van der Waals surface area contributed by atoms with Gasteiger partial charge in [0.15, 0.2) is 0 Å². The first-order valence-corrected chi connectivity index (χ1v) is 7.21. The van der Waals surface area contributed by atoms with E-state index in [9.17, 15) is 9.18 Å². The minimum absolute atomic E-state index is 0.237. The number of nitriles is 1. The molecule has 0 amide bonds. The summed E-state index contributed by atoms with van der Waals surface area (Å²) in [5.74, 6) is -0.647. The number of halogens is 1. The van der Waals surface area contributed by atoms with Gasteiger partial charge in [0.05, 0.1) is 11.6 Å². The Hall–Kier alpha value is -1.93. The maximum atomic E-state index is 13.1. The van der Waals surface area contributed by atoms with Crippen LogP contribution in [0.3, 0.4) is 0 Å². The van der Waals surface area contributed by atoms with E-state index in [0.29, 0.717) is 18.0 Å². The molecule has 0 aliphatic carbocycles. The molecular weight excluding hydrogens is 271 g/mol. The van der Waals surface area contributed by atoms with Gasteiger partial charge in [-0.1, -0.05) is 6.07 Å². The first-order chi connectivity index (χ1) is 10.1. The molecule has 0 aromatic heterocycles. The van der Waals surface area contributed by atoms with Crippen LogP contribution in [0.15, 0.2) is 18.2 Å². The number of rotatable bonds is 5. The zero-order valence-corrected chi connectivity index (χ0v) is 11.9. The average Bonchev–Trinajstić information content (AvgIpc) is 2.48. The molecule has 1 N–H and O–H groups in total. The highest BCUT2D eigenvalue weighted by Gasteiger charge is 2.20. The smallest absolute Gasteiger partial charge is 0.303 e. The van der Waals surface area contributed by atoms with Crippen molar-refractivity contribution in [3.05, 3.63) is 35.1 Å². The summed E-state index contributed by atoms with van der Waals surface area (Å²) >= 11 is 0. The summed E-state index contributed by atoms with van der Waals surface area (Å²) in [6, 6.07) is 6.36. The molecule has 4 nitrogen and oxygen atoms in total. The minimum atomic E-state index is -0.734. The van der Waals surface area contributed by atoms with Gasteiger partial charge in [-0.3, -0.25) is 9.69 Å². The number of hydrogen-bond donors (Lipinski definition) is 1. The molecule has 5 heteroatoms. The van der Waals surface area contributed by atoms with Crippen LogP contribution in [-0.4, -0.2) is 29.1 Å². The molecule has 1 saturated heterocycles. The van der Waals surface area contributed by atoms with Crippen LogP contribution < -0.4 is 0 Å². The van der Waals surface area contributed by atoms with Crippen molar-refractivity contribution in [2.75, 3.05) is 13.1 Å². The Bertz CT molecular complexity index is 546. The second-order valence-electron chi connectivity index (χ2n) is 5.57. The maximum Gasteiger partial charge on any atom is 0.303 e. The molecule has 1 aliphatic heterocycles. The van der Waals surface area contributed by atoms with Crippen LogP contribution in [0.5, 0.6) is 0 Å². The molecule has 0 radical (unpaired) electrons. The highest BCUT2D eigenvalue weighted by atomic mass is 19.1. The van der Waals surface area contributed by atoms with Gasteiger partial charge in [-0.2, -0.15) is 5.26 Å². The lowest BCUT2D eigenvalue weighted by Gasteiger charge is -2.32. The quantitative estimate of drug-likeness (QED) is 0.905. The summed E-state index contributed by atoms with van der Waals surface area (Å²) in [7, 11) is 0. The van der Waals surface area contributed by atoms with E-state index in [0.717, 1.165) is 37.9 Å². The van der Waals surface area contributed by atoms with Crippen molar-refractivity contribution < 1.29 is 14.3 Å². The lowest BCUT2D eigenvalue weighted by Crippen LogP contribution is -2.33. The van der Waals surface area contributed by atoms with Crippen LogP contribution in [0, 0.1) is 23.1 Å². The van der Waals surface area contributed by atoms with E-state index in [1.165, 1.54) is 12.1 Å². The first kappa shape index (κ1) is 15.5. The molecule has 2 rings (SSSR count). The average molecular weight is 290 g/mol. The van der Waals surface area contributed by atoms with E-state index in [-0.39, 0.29) is 12.2 Å². The lowest BCUT2D eigenvalue weighted by atomic mass is 9.92. The van der Waals surface area contributed by atoms with Crippen LogP contribution >= 0.6 is 0 Å². The zero-order valence-electron chi connectivity index (χ0n) is 11.9. The Morgan fingerprint density at radius 1 is 1.43 bits per heavy atom. The standard InChI is InChI=1S/C16H19FN2O2/c17-15-3-2-13(14(9-15)10-18)11-19-7-5-12(6-8-19)1-4-16(20)21/h2-3,9,12H,1,4-8,11H2,(H,20,21). The monoisotopic (exact) mass is 290 g/mol. The molecule has 1 heterocycles. The Morgan fingerprint density at radius 2 is 2.14 bits per heavy atom. The van der Waals surface area contributed by atoms with E-state index >= 15 is 0 Å². The van der Waals surface area contributed by atoms with Crippen molar-refractivity contribution >= 4 is 5.97 Å². The van der Waals surface area contributed by atoms with E-state index in [2.05, 4.69) is 4.90 Å². The molecule has 0 saturated carbocycles. The van der Waals surface area contributed by atoms with E-state index in [4.69, 9.17) is 10.4 Å². The fourth-order valence-corrected chi connectivity index (χ4v) is 2.79. The molecule has 0 atom stereocenters. The van der Waals surface area contributed by atoms with Crippen molar-refractivity contribution in [2.24, 2.45) is 5.92 Å².